The molecule has 132 valence electrons. The van der Waals surface area contributed by atoms with E-state index < -0.39 is 0 Å². The lowest BCUT2D eigenvalue weighted by molar-refractivity contribution is 0.415. The number of benzene rings is 3. The lowest BCUT2D eigenvalue weighted by Crippen LogP contribution is -2.12. The molecule has 0 saturated heterocycles. The van der Waals surface area contributed by atoms with Crippen LogP contribution in [0.15, 0.2) is 66.7 Å². The molecule has 4 rings (SSSR count). The van der Waals surface area contributed by atoms with E-state index in [1.807, 2.05) is 36.4 Å². The van der Waals surface area contributed by atoms with Crippen molar-refractivity contribution in [3.63, 3.8) is 0 Å². The Bertz CT molecular complexity index is 1010. The highest BCUT2D eigenvalue weighted by Crippen LogP contribution is 2.35. The minimum atomic E-state index is 0.684. The maximum Gasteiger partial charge on any atom is 0.119 e. The molecular weight excluding hydrogens is 332 g/mol. The topological polar surface area (TPSA) is 36.3 Å². The highest BCUT2D eigenvalue weighted by atomic mass is 16.5. The maximum atomic E-state index is 8.88. The molecule has 0 N–H and O–H groups in total. The number of methoxy groups -OCH3 is 1. The second-order valence-electron chi connectivity index (χ2n) is 6.55. The molecule has 0 spiro atoms. The van der Waals surface area contributed by atoms with Crippen LogP contribution >= 0.6 is 0 Å². The van der Waals surface area contributed by atoms with E-state index in [-0.39, 0.29) is 0 Å². The fourth-order valence-electron chi connectivity index (χ4n) is 3.42. The molecule has 1 aliphatic rings. The Hall–Kier alpha value is -3.51. The number of hydrogen-bond acceptors (Lipinski definition) is 3. The molecule has 0 fully saturated rings. The van der Waals surface area contributed by atoms with Crippen molar-refractivity contribution in [3.05, 3.63) is 89.0 Å². The molecule has 1 aliphatic heterocycles. The Morgan fingerprint density at radius 2 is 1.63 bits per heavy atom. The molecule has 0 unspecified atom stereocenters. The zero-order valence-corrected chi connectivity index (χ0v) is 15.2. The molecule has 0 aromatic heterocycles. The van der Waals surface area contributed by atoms with Crippen LogP contribution < -0.4 is 9.64 Å². The van der Waals surface area contributed by atoms with Crippen molar-refractivity contribution in [2.75, 3.05) is 18.6 Å². The van der Waals surface area contributed by atoms with Gasteiger partial charge >= 0.3 is 0 Å². The van der Waals surface area contributed by atoms with Crippen LogP contribution in [-0.2, 0) is 6.42 Å². The molecule has 0 amide bonds. The van der Waals surface area contributed by atoms with Crippen LogP contribution in [0.5, 0.6) is 5.75 Å². The number of ether oxygens (including phenoxy) is 1. The van der Waals surface area contributed by atoms with Crippen LogP contribution in [0.25, 0.3) is 12.2 Å². The van der Waals surface area contributed by atoms with E-state index in [4.69, 9.17) is 10.00 Å². The van der Waals surface area contributed by atoms with E-state index in [0.29, 0.717) is 5.56 Å². The number of nitriles is 1. The van der Waals surface area contributed by atoms with Crippen LogP contribution in [0.3, 0.4) is 0 Å². The third kappa shape index (κ3) is 3.56. The molecule has 1 heterocycles. The summed E-state index contributed by atoms with van der Waals surface area (Å²) in [6, 6.07) is 24.6. The molecule has 0 aliphatic carbocycles. The fourth-order valence-corrected chi connectivity index (χ4v) is 3.42. The highest BCUT2D eigenvalue weighted by molar-refractivity contribution is 5.75. The Morgan fingerprint density at radius 3 is 2.33 bits per heavy atom. The smallest absolute Gasteiger partial charge is 0.119 e. The molecular formula is C24H20N2O. The average molecular weight is 352 g/mol. The van der Waals surface area contributed by atoms with E-state index in [1.54, 1.807) is 7.11 Å². The molecule has 0 atom stereocenters. The highest BCUT2D eigenvalue weighted by Gasteiger charge is 2.20. The summed E-state index contributed by atoms with van der Waals surface area (Å²) in [5, 5.41) is 8.88. The largest absolute Gasteiger partial charge is 0.497 e. The molecule has 27 heavy (non-hydrogen) atoms. The summed E-state index contributed by atoms with van der Waals surface area (Å²) >= 11 is 0. The maximum absolute atomic E-state index is 8.88. The first-order chi connectivity index (χ1) is 13.3. The monoisotopic (exact) mass is 352 g/mol. The Morgan fingerprint density at radius 1 is 0.926 bits per heavy atom. The average Bonchev–Trinajstić information content (AvgIpc) is 3.16. The molecule has 3 aromatic rings. The van der Waals surface area contributed by atoms with Crippen molar-refractivity contribution in [2.24, 2.45) is 0 Å². The van der Waals surface area contributed by atoms with Gasteiger partial charge in [0, 0.05) is 17.9 Å². The van der Waals surface area contributed by atoms with Crippen LogP contribution in [0.2, 0.25) is 0 Å². The van der Waals surface area contributed by atoms with Crippen molar-refractivity contribution in [3.8, 4) is 11.8 Å². The standard InChI is InChI=1S/C24H20N2O/c1-27-23-11-9-22(10-12-23)26-15-14-21-16-19(8-13-24(21)26)5-2-18-3-6-20(17-25)7-4-18/h2-13,16H,14-15H2,1H3/b5-2+. The normalized spacial score (nSPS) is 12.8. The van der Waals surface area contributed by atoms with Crippen LogP contribution in [0, 0.1) is 11.3 Å². The van der Waals surface area contributed by atoms with Crippen LogP contribution in [0.4, 0.5) is 11.4 Å². The molecule has 3 nitrogen and oxygen atoms in total. The summed E-state index contributed by atoms with van der Waals surface area (Å²) in [6.45, 7) is 0.991. The minimum absolute atomic E-state index is 0.684. The summed E-state index contributed by atoms with van der Waals surface area (Å²) in [4.78, 5) is 2.35. The van der Waals surface area contributed by atoms with Gasteiger partial charge < -0.3 is 9.64 Å². The first-order valence-electron chi connectivity index (χ1n) is 8.99. The van der Waals surface area contributed by atoms with Gasteiger partial charge in [-0.2, -0.15) is 5.26 Å². The number of fused-ring (bicyclic) bond motifs is 1. The van der Waals surface area contributed by atoms with Gasteiger partial charge in [-0.25, -0.2) is 0 Å². The zero-order chi connectivity index (χ0) is 18.6. The second-order valence-corrected chi connectivity index (χ2v) is 6.55. The number of rotatable bonds is 4. The third-order valence-corrected chi connectivity index (χ3v) is 4.89. The van der Waals surface area contributed by atoms with E-state index in [0.717, 1.165) is 24.3 Å². The number of nitrogens with zero attached hydrogens (tertiary/aromatic N) is 2. The Labute approximate surface area is 159 Å². The quantitative estimate of drug-likeness (QED) is 0.587. The van der Waals surface area contributed by atoms with Crippen molar-refractivity contribution in [1.29, 1.82) is 5.26 Å². The van der Waals surface area contributed by atoms with E-state index in [1.165, 1.54) is 22.5 Å². The Balaban J connectivity index is 1.53. The second kappa shape index (κ2) is 7.39. The molecule has 3 aromatic carbocycles. The fraction of sp³-hybridized carbons (Fsp3) is 0.125. The van der Waals surface area contributed by atoms with Gasteiger partial charge in [0.15, 0.2) is 0 Å². The number of anilines is 2. The van der Waals surface area contributed by atoms with Crippen molar-refractivity contribution < 1.29 is 4.74 Å². The predicted molar refractivity (Wildman–Crippen MR) is 110 cm³/mol. The van der Waals surface area contributed by atoms with E-state index >= 15 is 0 Å². The van der Waals surface area contributed by atoms with Gasteiger partial charge in [-0.3, -0.25) is 0 Å². The van der Waals surface area contributed by atoms with Gasteiger partial charge in [-0.1, -0.05) is 30.4 Å². The first kappa shape index (κ1) is 16.9. The summed E-state index contributed by atoms with van der Waals surface area (Å²) in [7, 11) is 1.69. The zero-order valence-electron chi connectivity index (χ0n) is 15.2. The summed E-state index contributed by atoms with van der Waals surface area (Å²) < 4.78 is 5.25. The van der Waals surface area contributed by atoms with Crippen LogP contribution in [-0.4, -0.2) is 13.7 Å². The van der Waals surface area contributed by atoms with Gasteiger partial charge in [-0.15, -0.1) is 0 Å². The van der Waals surface area contributed by atoms with Crippen molar-refractivity contribution >= 4 is 23.5 Å². The minimum Gasteiger partial charge on any atom is -0.497 e. The SMILES string of the molecule is COc1ccc(N2CCc3cc(/C=C/c4ccc(C#N)cc4)ccc32)cc1. The van der Waals surface area contributed by atoms with Gasteiger partial charge in [0.25, 0.3) is 0 Å². The van der Waals surface area contributed by atoms with E-state index in [9.17, 15) is 0 Å². The molecule has 0 bridgehead atoms. The van der Waals surface area contributed by atoms with Gasteiger partial charge in [0.05, 0.1) is 18.7 Å². The molecule has 0 radical (unpaired) electrons. The summed E-state index contributed by atoms with van der Waals surface area (Å²) in [6.07, 6.45) is 5.25. The van der Waals surface area contributed by atoms with Crippen molar-refractivity contribution in [1.82, 2.24) is 0 Å². The van der Waals surface area contributed by atoms with E-state index in [2.05, 4.69) is 53.5 Å². The van der Waals surface area contributed by atoms with Crippen LogP contribution in [0.1, 0.15) is 22.3 Å². The van der Waals surface area contributed by atoms with Gasteiger partial charge in [0.2, 0.25) is 0 Å². The predicted octanol–water partition coefficient (Wildman–Crippen LogP) is 5.43. The lowest BCUT2D eigenvalue weighted by atomic mass is 10.1. The third-order valence-electron chi connectivity index (χ3n) is 4.89. The molecule has 0 saturated carbocycles. The number of hydrogen-bond donors (Lipinski definition) is 0. The summed E-state index contributed by atoms with van der Waals surface area (Å²) in [5.74, 6) is 0.876. The Kier molecular flexibility index (Phi) is 4.63. The molecule has 3 heteroatoms. The summed E-state index contributed by atoms with van der Waals surface area (Å²) in [5.41, 5.74) is 6.80. The first-order valence-corrected chi connectivity index (χ1v) is 8.99. The van der Waals surface area contributed by atoms with Gasteiger partial charge in [-0.05, 0) is 71.6 Å². The van der Waals surface area contributed by atoms with Crippen molar-refractivity contribution in [2.45, 2.75) is 6.42 Å². The van der Waals surface area contributed by atoms with Gasteiger partial charge in [0.1, 0.15) is 5.75 Å². The lowest BCUT2D eigenvalue weighted by Gasteiger charge is -2.20.